The minimum atomic E-state index is -0.289. The Bertz CT molecular complexity index is 612. The van der Waals surface area contributed by atoms with E-state index in [4.69, 9.17) is 4.74 Å². The van der Waals surface area contributed by atoms with Gasteiger partial charge in [0.1, 0.15) is 0 Å². The van der Waals surface area contributed by atoms with Crippen LogP contribution in [0.3, 0.4) is 0 Å². The predicted molar refractivity (Wildman–Crippen MR) is 90.6 cm³/mol. The van der Waals surface area contributed by atoms with Crippen molar-refractivity contribution in [1.82, 2.24) is 4.90 Å². The van der Waals surface area contributed by atoms with Crippen molar-refractivity contribution in [3.05, 3.63) is 24.3 Å². The number of nitrogens with zero attached hydrogens (tertiary/aromatic N) is 1. The zero-order chi connectivity index (χ0) is 17.5. The monoisotopic (exact) mass is 333 g/mol. The van der Waals surface area contributed by atoms with Gasteiger partial charge in [-0.2, -0.15) is 0 Å². The van der Waals surface area contributed by atoms with Gasteiger partial charge in [0, 0.05) is 38.4 Å². The van der Waals surface area contributed by atoms with Crippen LogP contribution in [0, 0.1) is 0 Å². The molecule has 1 aliphatic heterocycles. The van der Waals surface area contributed by atoms with Crippen LogP contribution < -0.4 is 10.6 Å². The molecular weight excluding hydrogens is 310 g/mol. The Morgan fingerprint density at radius 3 is 2.50 bits per heavy atom. The molecule has 130 valence electrons. The van der Waals surface area contributed by atoms with Crippen molar-refractivity contribution in [3.63, 3.8) is 0 Å². The maximum atomic E-state index is 12.2. The van der Waals surface area contributed by atoms with Gasteiger partial charge in [0.2, 0.25) is 17.7 Å². The first-order valence-electron chi connectivity index (χ1n) is 7.98. The third-order valence-electron chi connectivity index (χ3n) is 3.69. The van der Waals surface area contributed by atoms with Crippen LogP contribution in [0.25, 0.3) is 0 Å². The highest BCUT2D eigenvalue weighted by Gasteiger charge is 2.22. The topological polar surface area (TPSA) is 87.7 Å². The molecule has 1 aliphatic rings. The standard InChI is InChI=1S/C17H23N3O4/c1-12(21)18-14-5-3-6-15(9-14)19-17(23)11-20(13(2)22)10-16-7-4-8-24-16/h3,5-6,9,16H,4,7-8,10-11H2,1-2H3,(H,18,21)(H,19,23). The first-order chi connectivity index (χ1) is 11.4. The van der Waals surface area contributed by atoms with Gasteiger partial charge in [0.05, 0.1) is 12.6 Å². The fourth-order valence-corrected chi connectivity index (χ4v) is 2.59. The molecular formula is C17H23N3O4. The van der Waals surface area contributed by atoms with Crippen LogP contribution in [-0.4, -0.2) is 48.4 Å². The first kappa shape index (κ1) is 17.9. The van der Waals surface area contributed by atoms with Gasteiger partial charge in [-0.25, -0.2) is 0 Å². The summed E-state index contributed by atoms with van der Waals surface area (Å²) in [7, 11) is 0. The van der Waals surface area contributed by atoms with Gasteiger partial charge in [-0.1, -0.05) is 6.07 Å². The van der Waals surface area contributed by atoms with E-state index in [9.17, 15) is 14.4 Å². The van der Waals surface area contributed by atoms with Gasteiger partial charge < -0.3 is 20.3 Å². The zero-order valence-electron chi connectivity index (χ0n) is 14.0. The third kappa shape index (κ3) is 5.66. The molecule has 3 amide bonds. The summed E-state index contributed by atoms with van der Waals surface area (Å²) >= 11 is 0. The van der Waals surface area contributed by atoms with Crippen molar-refractivity contribution < 1.29 is 19.1 Å². The molecule has 24 heavy (non-hydrogen) atoms. The maximum Gasteiger partial charge on any atom is 0.243 e. The van der Waals surface area contributed by atoms with Gasteiger partial charge in [0.25, 0.3) is 0 Å². The lowest BCUT2D eigenvalue weighted by atomic mass is 10.2. The van der Waals surface area contributed by atoms with Crippen LogP contribution in [0.15, 0.2) is 24.3 Å². The van der Waals surface area contributed by atoms with E-state index in [-0.39, 0.29) is 30.4 Å². The number of carbonyl (C=O) groups is 3. The maximum absolute atomic E-state index is 12.2. The molecule has 0 radical (unpaired) electrons. The summed E-state index contributed by atoms with van der Waals surface area (Å²) in [5, 5.41) is 5.40. The lowest BCUT2D eigenvalue weighted by Gasteiger charge is -2.23. The Morgan fingerprint density at radius 1 is 1.21 bits per heavy atom. The number of rotatable bonds is 6. The van der Waals surface area contributed by atoms with Gasteiger partial charge in [-0.3, -0.25) is 14.4 Å². The summed E-state index contributed by atoms with van der Waals surface area (Å²) in [6, 6.07) is 6.85. The number of anilines is 2. The van der Waals surface area contributed by atoms with Crippen molar-refractivity contribution in [2.75, 3.05) is 30.3 Å². The summed E-state index contributed by atoms with van der Waals surface area (Å²) in [6.45, 7) is 3.97. The molecule has 1 unspecified atom stereocenters. The molecule has 0 spiro atoms. The summed E-state index contributed by atoms with van der Waals surface area (Å²) in [5.74, 6) is -0.631. The molecule has 0 bridgehead atoms. The number of ether oxygens (including phenoxy) is 1. The summed E-state index contributed by atoms with van der Waals surface area (Å²) in [4.78, 5) is 36.5. The minimum absolute atomic E-state index is 0.00444. The molecule has 1 aromatic carbocycles. The molecule has 2 N–H and O–H groups in total. The van der Waals surface area contributed by atoms with E-state index >= 15 is 0 Å². The molecule has 1 fully saturated rings. The smallest absolute Gasteiger partial charge is 0.243 e. The Hall–Kier alpha value is -2.41. The molecule has 1 aromatic rings. The van der Waals surface area contributed by atoms with Crippen molar-refractivity contribution in [3.8, 4) is 0 Å². The Labute approximate surface area is 141 Å². The molecule has 0 saturated carbocycles. The number of hydrogen-bond donors (Lipinski definition) is 2. The second-order valence-corrected chi connectivity index (χ2v) is 5.84. The number of hydrogen-bond acceptors (Lipinski definition) is 4. The van der Waals surface area contributed by atoms with Crippen LogP contribution in [0.2, 0.25) is 0 Å². The van der Waals surface area contributed by atoms with Crippen LogP contribution in [0.4, 0.5) is 11.4 Å². The minimum Gasteiger partial charge on any atom is -0.376 e. The summed E-state index contributed by atoms with van der Waals surface area (Å²) < 4.78 is 5.52. The van der Waals surface area contributed by atoms with E-state index < -0.39 is 0 Å². The number of benzene rings is 1. The lowest BCUT2D eigenvalue weighted by molar-refractivity contribution is -0.134. The lowest BCUT2D eigenvalue weighted by Crippen LogP contribution is -2.41. The molecule has 1 heterocycles. The molecule has 7 heteroatoms. The van der Waals surface area contributed by atoms with Crippen LogP contribution in [-0.2, 0) is 19.1 Å². The van der Waals surface area contributed by atoms with Gasteiger partial charge in [-0.05, 0) is 31.0 Å². The Balaban J connectivity index is 1.92. The number of nitrogens with one attached hydrogen (secondary N) is 2. The summed E-state index contributed by atoms with van der Waals surface area (Å²) in [6.07, 6.45) is 1.90. The predicted octanol–water partition coefficient (Wildman–Crippen LogP) is 1.61. The number of amides is 3. The van der Waals surface area contributed by atoms with Crippen molar-refractivity contribution >= 4 is 29.1 Å². The number of carbonyl (C=O) groups excluding carboxylic acids is 3. The van der Waals surface area contributed by atoms with Crippen LogP contribution >= 0.6 is 0 Å². The average molecular weight is 333 g/mol. The van der Waals surface area contributed by atoms with Crippen molar-refractivity contribution in [2.45, 2.75) is 32.8 Å². The third-order valence-corrected chi connectivity index (χ3v) is 3.69. The normalized spacial score (nSPS) is 16.5. The molecule has 0 aromatic heterocycles. The molecule has 1 atom stereocenters. The zero-order valence-corrected chi connectivity index (χ0v) is 14.0. The Morgan fingerprint density at radius 2 is 1.92 bits per heavy atom. The SMILES string of the molecule is CC(=O)Nc1cccc(NC(=O)CN(CC2CCCO2)C(C)=O)c1. The van der Waals surface area contributed by atoms with E-state index in [0.717, 1.165) is 12.8 Å². The van der Waals surface area contributed by atoms with Gasteiger partial charge >= 0.3 is 0 Å². The van der Waals surface area contributed by atoms with E-state index in [1.165, 1.54) is 18.7 Å². The molecule has 7 nitrogen and oxygen atoms in total. The average Bonchev–Trinajstić information content (AvgIpc) is 2.99. The Kier molecular flexibility index (Phi) is 6.31. The van der Waals surface area contributed by atoms with Crippen molar-refractivity contribution in [2.24, 2.45) is 0 Å². The van der Waals surface area contributed by atoms with E-state index in [2.05, 4.69) is 10.6 Å². The van der Waals surface area contributed by atoms with Crippen molar-refractivity contribution in [1.29, 1.82) is 0 Å². The van der Waals surface area contributed by atoms with Crippen LogP contribution in [0.1, 0.15) is 26.7 Å². The molecule has 1 saturated heterocycles. The van der Waals surface area contributed by atoms with Gasteiger partial charge in [-0.15, -0.1) is 0 Å². The highest BCUT2D eigenvalue weighted by molar-refractivity contribution is 5.95. The molecule has 2 rings (SSSR count). The highest BCUT2D eigenvalue weighted by Crippen LogP contribution is 2.16. The highest BCUT2D eigenvalue weighted by atomic mass is 16.5. The quantitative estimate of drug-likeness (QED) is 0.828. The molecule has 0 aliphatic carbocycles. The second kappa shape index (κ2) is 8.44. The van der Waals surface area contributed by atoms with E-state index in [0.29, 0.717) is 24.5 Å². The van der Waals surface area contributed by atoms with Gasteiger partial charge in [0.15, 0.2) is 0 Å². The van der Waals surface area contributed by atoms with E-state index in [1.54, 1.807) is 24.3 Å². The first-order valence-corrected chi connectivity index (χ1v) is 7.98. The summed E-state index contributed by atoms with van der Waals surface area (Å²) in [5.41, 5.74) is 1.16. The fraction of sp³-hybridized carbons (Fsp3) is 0.471. The second-order valence-electron chi connectivity index (χ2n) is 5.84. The van der Waals surface area contributed by atoms with E-state index in [1.807, 2.05) is 0 Å². The largest absolute Gasteiger partial charge is 0.376 e. The fourth-order valence-electron chi connectivity index (χ4n) is 2.59. The van der Waals surface area contributed by atoms with Crippen LogP contribution in [0.5, 0.6) is 0 Å².